The summed E-state index contributed by atoms with van der Waals surface area (Å²) in [4.78, 5) is 11.5. The fourth-order valence-corrected chi connectivity index (χ4v) is 3.09. The number of benzene rings is 1. The van der Waals surface area contributed by atoms with Crippen LogP contribution in [-0.4, -0.2) is 11.1 Å². The molecule has 1 unspecified atom stereocenters. The minimum absolute atomic E-state index is 0.202. The van der Waals surface area contributed by atoms with Crippen LogP contribution in [0.5, 0.6) is 0 Å². The van der Waals surface area contributed by atoms with Crippen molar-refractivity contribution in [2.75, 3.05) is 0 Å². The summed E-state index contributed by atoms with van der Waals surface area (Å²) >= 11 is 0. The number of hydrogen-bond acceptors (Lipinski definition) is 1. The van der Waals surface area contributed by atoms with Crippen LogP contribution in [0, 0.1) is 18.8 Å². The van der Waals surface area contributed by atoms with E-state index in [-0.39, 0.29) is 5.92 Å². The first-order valence-corrected chi connectivity index (χ1v) is 6.95. The molecule has 2 rings (SSSR count). The van der Waals surface area contributed by atoms with E-state index in [0.717, 1.165) is 18.4 Å². The van der Waals surface area contributed by atoms with Crippen molar-refractivity contribution in [3.63, 3.8) is 0 Å². The fraction of sp³-hybridized carbons (Fsp3) is 0.562. The van der Waals surface area contributed by atoms with Crippen molar-refractivity contribution in [3.8, 4) is 0 Å². The third-order valence-electron chi connectivity index (χ3n) is 4.07. The van der Waals surface area contributed by atoms with Crippen molar-refractivity contribution in [2.24, 2.45) is 11.8 Å². The maximum atomic E-state index is 11.5. The second-order valence-corrected chi connectivity index (χ2v) is 5.54. The Labute approximate surface area is 109 Å². The zero-order chi connectivity index (χ0) is 13.0. The lowest BCUT2D eigenvalue weighted by atomic mass is 9.77. The van der Waals surface area contributed by atoms with Crippen molar-refractivity contribution in [1.29, 1.82) is 0 Å². The van der Waals surface area contributed by atoms with Gasteiger partial charge >= 0.3 is 5.97 Å². The van der Waals surface area contributed by atoms with Gasteiger partial charge in [0.05, 0.1) is 5.92 Å². The molecule has 0 saturated heterocycles. The summed E-state index contributed by atoms with van der Waals surface area (Å²) < 4.78 is 0. The smallest absolute Gasteiger partial charge is 0.307 e. The van der Waals surface area contributed by atoms with E-state index in [1.807, 2.05) is 12.1 Å². The first kappa shape index (κ1) is 13.1. The molecule has 1 aliphatic rings. The number of carboxylic acids is 1. The standard InChI is InChI=1S/C16H22O2/c1-12-6-5-7-13(10-12)11-15(16(17)18)14-8-3-2-4-9-14/h5-7,10,14-15H,2-4,8-9,11H2,1H3,(H,17,18). The lowest BCUT2D eigenvalue weighted by Gasteiger charge is -2.27. The highest BCUT2D eigenvalue weighted by Gasteiger charge is 2.29. The molecule has 1 atom stereocenters. The minimum Gasteiger partial charge on any atom is -0.481 e. The van der Waals surface area contributed by atoms with Crippen LogP contribution in [-0.2, 0) is 11.2 Å². The SMILES string of the molecule is Cc1cccc(CC(C(=O)O)C2CCCCC2)c1. The Morgan fingerprint density at radius 3 is 2.67 bits per heavy atom. The van der Waals surface area contributed by atoms with E-state index in [1.54, 1.807) is 0 Å². The molecule has 18 heavy (non-hydrogen) atoms. The molecule has 1 saturated carbocycles. The monoisotopic (exact) mass is 246 g/mol. The van der Waals surface area contributed by atoms with Crippen molar-refractivity contribution in [2.45, 2.75) is 45.4 Å². The van der Waals surface area contributed by atoms with Crippen LogP contribution in [0.25, 0.3) is 0 Å². The fourth-order valence-electron chi connectivity index (χ4n) is 3.09. The number of aryl methyl sites for hydroxylation is 1. The van der Waals surface area contributed by atoms with E-state index in [1.165, 1.54) is 24.8 Å². The topological polar surface area (TPSA) is 37.3 Å². The Morgan fingerprint density at radius 1 is 1.33 bits per heavy atom. The Bertz CT molecular complexity index is 405. The van der Waals surface area contributed by atoms with E-state index < -0.39 is 5.97 Å². The zero-order valence-electron chi connectivity index (χ0n) is 11.1. The molecule has 2 nitrogen and oxygen atoms in total. The predicted molar refractivity (Wildman–Crippen MR) is 72.6 cm³/mol. The molecule has 1 aromatic rings. The zero-order valence-corrected chi connectivity index (χ0v) is 11.1. The molecule has 2 heteroatoms. The summed E-state index contributed by atoms with van der Waals surface area (Å²) in [7, 11) is 0. The molecule has 1 aliphatic carbocycles. The second-order valence-electron chi connectivity index (χ2n) is 5.54. The Hall–Kier alpha value is -1.31. The predicted octanol–water partition coefficient (Wildman–Crippen LogP) is 3.82. The van der Waals surface area contributed by atoms with Crippen LogP contribution < -0.4 is 0 Å². The third-order valence-corrected chi connectivity index (χ3v) is 4.07. The van der Waals surface area contributed by atoms with Crippen molar-refractivity contribution >= 4 is 5.97 Å². The van der Waals surface area contributed by atoms with Gasteiger partial charge in [-0.05, 0) is 37.7 Å². The number of carboxylic acid groups (broad SMARTS) is 1. The maximum Gasteiger partial charge on any atom is 0.307 e. The van der Waals surface area contributed by atoms with E-state index in [2.05, 4.69) is 19.1 Å². The molecular weight excluding hydrogens is 224 g/mol. The molecule has 1 aromatic carbocycles. The number of rotatable bonds is 4. The van der Waals surface area contributed by atoms with Gasteiger partial charge in [0.1, 0.15) is 0 Å². The maximum absolute atomic E-state index is 11.5. The highest BCUT2D eigenvalue weighted by molar-refractivity contribution is 5.70. The molecule has 0 heterocycles. The number of aliphatic carboxylic acids is 1. The van der Waals surface area contributed by atoms with Crippen LogP contribution in [0.1, 0.15) is 43.2 Å². The highest BCUT2D eigenvalue weighted by atomic mass is 16.4. The molecule has 0 bridgehead atoms. The van der Waals surface area contributed by atoms with Gasteiger partial charge in [-0.15, -0.1) is 0 Å². The third kappa shape index (κ3) is 3.34. The Kier molecular flexibility index (Phi) is 4.40. The summed E-state index contributed by atoms with van der Waals surface area (Å²) in [6.07, 6.45) is 6.52. The van der Waals surface area contributed by atoms with Gasteiger partial charge in [-0.25, -0.2) is 0 Å². The van der Waals surface area contributed by atoms with E-state index in [0.29, 0.717) is 12.3 Å². The quantitative estimate of drug-likeness (QED) is 0.877. The van der Waals surface area contributed by atoms with E-state index in [4.69, 9.17) is 0 Å². The molecule has 1 fully saturated rings. The summed E-state index contributed by atoms with van der Waals surface area (Å²) in [6.45, 7) is 2.06. The van der Waals surface area contributed by atoms with E-state index in [9.17, 15) is 9.90 Å². The highest BCUT2D eigenvalue weighted by Crippen LogP contribution is 2.32. The van der Waals surface area contributed by atoms with Crippen LogP contribution in [0.4, 0.5) is 0 Å². The van der Waals surface area contributed by atoms with Crippen molar-refractivity contribution in [3.05, 3.63) is 35.4 Å². The van der Waals surface area contributed by atoms with Crippen LogP contribution in [0.15, 0.2) is 24.3 Å². The van der Waals surface area contributed by atoms with Gasteiger partial charge in [0.15, 0.2) is 0 Å². The van der Waals surface area contributed by atoms with Crippen molar-refractivity contribution < 1.29 is 9.90 Å². The summed E-state index contributed by atoms with van der Waals surface area (Å²) in [5.74, 6) is -0.452. The molecular formula is C16H22O2. The Balaban J connectivity index is 2.08. The average Bonchev–Trinajstić information content (AvgIpc) is 2.37. The van der Waals surface area contributed by atoms with Crippen LogP contribution in [0.3, 0.4) is 0 Å². The molecule has 98 valence electrons. The van der Waals surface area contributed by atoms with Gasteiger partial charge in [0.2, 0.25) is 0 Å². The molecule has 1 N–H and O–H groups in total. The van der Waals surface area contributed by atoms with Crippen LogP contribution >= 0.6 is 0 Å². The van der Waals surface area contributed by atoms with Gasteiger partial charge in [0.25, 0.3) is 0 Å². The van der Waals surface area contributed by atoms with Gasteiger partial charge < -0.3 is 5.11 Å². The van der Waals surface area contributed by atoms with E-state index >= 15 is 0 Å². The first-order chi connectivity index (χ1) is 8.66. The van der Waals surface area contributed by atoms with Gasteiger partial charge in [-0.3, -0.25) is 4.79 Å². The van der Waals surface area contributed by atoms with Crippen LogP contribution in [0.2, 0.25) is 0 Å². The molecule has 0 spiro atoms. The molecule has 0 radical (unpaired) electrons. The number of carbonyl (C=O) groups is 1. The number of hydrogen-bond donors (Lipinski definition) is 1. The average molecular weight is 246 g/mol. The molecule has 0 aromatic heterocycles. The minimum atomic E-state index is -0.622. The second kappa shape index (κ2) is 6.03. The van der Waals surface area contributed by atoms with Gasteiger partial charge in [0, 0.05) is 0 Å². The summed E-state index contributed by atoms with van der Waals surface area (Å²) in [5.41, 5.74) is 2.37. The normalized spacial score (nSPS) is 18.5. The molecule has 0 amide bonds. The van der Waals surface area contributed by atoms with Gasteiger partial charge in [-0.2, -0.15) is 0 Å². The van der Waals surface area contributed by atoms with Crippen molar-refractivity contribution in [1.82, 2.24) is 0 Å². The van der Waals surface area contributed by atoms with Gasteiger partial charge in [-0.1, -0.05) is 49.1 Å². The molecule has 0 aliphatic heterocycles. The largest absolute Gasteiger partial charge is 0.481 e. The first-order valence-electron chi connectivity index (χ1n) is 6.95. The lowest BCUT2D eigenvalue weighted by molar-refractivity contribution is -0.144. The summed E-state index contributed by atoms with van der Waals surface area (Å²) in [6, 6.07) is 8.23. The summed E-state index contributed by atoms with van der Waals surface area (Å²) in [5, 5.41) is 9.46. The Morgan fingerprint density at radius 2 is 2.06 bits per heavy atom. The lowest BCUT2D eigenvalue weighted by Crippen LogP contribution is -2.27.